The Morgan fingerprint density at radius 2 is 1.66 bits per heavy atom. The number of fused-ring (bicyclic) bond motifs is 1. The average Bonchev–Trinajstić information content (AvgIpc) is 2.67. The molecule has 3 rings (SSSR count). The molecule has 2 aromatic rings. The van der Waals surface area contributed by atoms with Gasteiger partial charge < -0.3 is 0 Å². The normalized spacial score (nSPS) is 17.3. The molecule has 1 amide bonds. The summed E-state index contributed by atoms with van der Waals surface area (Å²) in [5.74, 6) is -0.321. The third kappa shape index (κ3) is 3.87. The number of hydrogen-bond acceptors (Lipinski definition) is 2. The van der Waals surface area contributed by atoms with Gasteiger partial charge in [-0.05, 0) is 64.7 Å². The molecular weight excluding hydrogens is 362 g/mol. The summed E-state index contributed by atoms with van der Waals surface area (Å²) in [5.41, 5.74) is 13.5. The Balaban J connectivity index is 1.97. The standard InChI is InChI=1S/C24H25N3O2/c1-15(12-16-6-8-17(9-7-16)22(29)26-27-25)18-10-11-19-20(13-18)24(4,5)21(28)14-23(19,2)3/h6-13H,14H2,1-5H3/b15-12+. The highest BCUT2D eigenvalue weighted by atomic mass is 16.1. The first kappa shape index (κ1) is 20.6. The smallest absolute Gasteiger partial charge is 0.249 e. The van der Waals surface area contributed by atoms with Crippen molar-refractivity contribution in [3.63, 3.8) is 0 Å². The van der Waals surface area contributed by atoms with Crippen LogP contribution in [0.3, 0.4) is 0 Å². The van der Waals surface area contributed by atoms with Crippen molar-refractivity contribution in [1.82, 2.24) is 0 Å². The van der Waals surface area contributed by atoms with Gasteiger partial charge in [-0.15, -0.1) is 0 Å². The van der Waals surface area contributed by atoms with Gasteiger partial charge in [-0.1, -0.05) is 62.4 Å². The zero-order valence-electron chi connectivity index (χ0n) is 17.5. The molecule has 5 heteroatoms. The van der Waals surface area contributed by atoms with E-state index < -0.39 is 11.3 Å². The second-order valence-corrected chi connectivity index (χ2v) is 8.81. The summed E-state index contributed by atoms with van der Waals surface area (Å²) in [6, 6.07) is 13.3. The number of hydrogen-bond donors (Lipinski definition) is 0. The van der Waals surface area contributed by atoms with E-state index in [-0.39, 0.29) is 11.2 Å². The van der Waals surface area contributed by atoms with Crippen molar-refractivity contribution in [1.29, 1.82) is 0 Å². The molecule has 2 aromatic carbocycles. The van der Waals surface area contributed by atoms with Crippen molar-refractivity contribution in [2.24, 2.45) is 5.11 Å². The predicted octanol–water partition coefficient (Wildman–Crippen LogP) is 6.23. The van der Waals surface area contributed by atoms with Crippen LogP contribution in [-0.4, -0.2) is 11.7 Å². The molecule has 1 aliphatic rings. The number of amides is 1. The Labute approximate surface area is 171 Å². The lowest BCUT2D eigenvalue weighted by Crippen LogP contribution is -2.42. The number of ketones is 1. The minimum absolute atomic E-state index is 0.160. The summed E-state index contributed by atoms with van der Waals surface area (Å²) in [6.45, 7) is 10.3. The fourth-order valence-electron chi connectivity index (χ4n) is 3.92. The van der Waals surface area contributed by atoms with Crippen LogP contribution < -0.4 is 0 Å². The fraction of sp³-hybridized carbons (Fsp3) is 0.333. The molecule has 0 fully saturated rings. The molecule has 0 spiro atoms. The van der Waals surface area contributed by atoms with Crippen LogP contribution in [0.15, 0.2) is 47.6 Å². The van der Waals surface area contributed by atoms with Crippen LogP contribution in [0.25, 0.3) is 22.1 Å². The maximum Gasteiger partial charge on any atom is 0.249 e. The van der Waals surface area contributed by atoms with Gasteiger partial charge in [-0.3, -0.25) is 9.59 Å². The molecule has 148 valence electrons. The number of nitrogens with zero attached hydrogens (tertiary/aromatic N) is 3. The van der Waals surface area contributed by atoms with Crippen LogP contribution in [0.1, 0.15) is 73.7 Å². The van der Waals surface area contributed by atoms with E-state index in [1.54, 1.807) is 12.1 Å². The lowest BCUT2D eigenvalue weighted by atomic mass is 9.62. The van der Waals surface area contributed by atoms with Gasteiger partial charge in [0.2, 0.25) is 5.91 Å². The minimum Gasteiger partial charge on any atom is -0.299 e. The van der Waals surface area contributed by atoms with Crippen LogP contribution in [-0.2, 0) is 15.6 Å². The van der Waals surface area contributed by atoms with Gasteiger partial charge in [0.25, 0.3) is 0 Å². The summed E-state index contributed by atoms with van der Waals surface area (Å²) >= 11 is 0. The maximum atomic E-state index is 12.7. The van der Waals surface area contributed by atoms with E-state index in [0.29, 0.717) is 12.0 Å². The number of azide groups is 1. The van der Waals surface area contributed by atoms with E-state index in [2.05, 4.69) is 42.1 Å². The number of allylic oxidation sites excluding steroid dienone is 1. The number of Topliss-reactive ketones (excluding diaryl/α,β-unsaturated/α-hetero) is 1. The van der Waals surface area contributed by atoms with Crippen LogP contribution >= 0.6 is 0 Å². The van der Waals surface area contributed by atoms with Gasteiger partial charge in [-0.2, -0.15) is 0 Å². The van der Waals surface area contributed by atoms with Crippen molar-refractivity contribution in [2.75, 3.05) is 0 Å². The highest BCUT2D eigenvalue weighted by Crippen LogP contribution is 2.44. The monoisotopic (exact) mass is 387 g/mol. The molecule has 0 radical (unpaired) electrons. The van der Waals surface area contributed by atoms with Crippen molar-refractivity contribution < 1.29 is 9.59 Å². The summed E-state index contributed by atoms with van der Waals surface area (Å²) in [7, 11) is 0. The second kappa shape index (κ2) is 7.34. The van der Waals surface area contributed by atoms with Gasteiger partial charge in [0, 0.05) is 22.3 Å². The Bertz CT molecular complexity index is 1070. The molecular formula is C24H25N3O2. The van der Waals surface area contributed by atoms with E-state index >= 15 is 0 Å². The highest BCUT2D eigenvalue weighted by molar-refractivity contribution is 5.95. The van der Waals surface area contributed by atoms with Gasteiger partial charge in [0.1, 0.15) is 5.78 Å². The molecule has 0 saturated heterocycles. The van der Waals surface area contributed by atoms with Crippen molar-refractivity contribution >= 4 is 23.3 Å². The molecule has 0 heterocycles. The van der Waals surface area contributed by atoms with E-state index in [9.17, 15) is 9.59 Å². The van der Waals surface area contributed by atoms with Crippen molar-refractivity contribution in [3.8, 4) is 0 Å². The van der Waals surface area contributed by atoms with E-state index in [1.807, 2.05) is 39.0 Å². The second-order valence-electron chi connectivity index (χ2n) is 8.81. The number of carbonyl (C=O) groups is 2. The molecule has 0 bridgehead atoms. The average molecular weight is 387 g/mol. The van der Waals surface area contributed by atoms with E-state index in [0.717, 1.165) is 22.3 Å². The van der Waals surface area contributed by atoms with Crippen LogP contribution in [0.4, 0.5) is 0 Å². The highest BCUT2D eigenvalue weighted by Gasteiger charge is 2.43. The largest absolute Gasteiger partial charge is 0.299 e. The Kier molecular flexibility index (Phi) is 5.20. The molecule has 0 unspecified atom stereocenters. The van der Waals surface area contributed by atoms with Crippen molar-refractivity contribution in [2.45, 2.75) is 51.9 Å². The molecule has 0 saturated carbocycles. The zero-order valence-corrected chi connectivity index (χ0v) is 17.5. The Morgan fingerprint density at radius 1 is 1.03 bits per heavy atom. The van der Waals surface area contributed by atoms with Gasteiger partial charge in [0.05, 0.1) is 0 Å². The Hall–Kier alpha value is -3.17. The third-order valence-electron chi connectivity index (χ3n) is 5.85. The summed E-state index contributed by atoms with van der Waals surface area (Å²) in [4.78, 5) is 26.9. The summed E-state index contributed by atoms with van der Waals surface area (Å²) in [6.07, 6.45) is 2.59. The first-order valence-corrected chi connectivity index (χ1v) is 9.63. The Morgan fingerprint density at radius 3 is 2.28 bits per heavy atom. The first-order chi connectivity index (χ1) is 13.6. The lowest BCUT2D eigenvalue weighted by Gasteiger charge is -2.40. The maximum absolute atomic E-state index is 12.7. The number of benzene rings is 2. The minimum atomic E-state index is -0.594. The van der Waals surface area contributed by atoms with E-state index in [1.165, 1.54) is 5.56 Å². The fourth-order valence-corrected chi connectivity index (χ4v) is 3.92. The topological polar surface area (TPSA) is 82.9 Å². The molecule has 0 aliphatic heterocycles. The number of carbonyl (C=O) groups excluding carboxylic acids is 2. The SMILES string of the molecule is C/C(=C\c1ccc(C(=O)N=[N+]=[N-])cc1)c1ccc2c(c1)C(C)(C)C(=O)CC2(C)C. The first-order valence-electron chi connectivity index (χ1n) is 9.63. The van der Waals surface area contributed by atoms with Gasteiger partial charge >= 0.3 is 0 Å². The third-order valence-corrected chi connectivity index (χ3v) is 5.85. The summed E-state index contributed by atoms with van der Waals surface area (Å²) in [5, 5.41) is 3.10. The zero-order chi connectivity index (χ0) is 21.4. The van der Waals surface area contributed by atoms with Crippen LogP contribution in [0.2, 0.25) is 0 Å². The summed E-state index contributed by atoms with van der Waals surface area (Å²) < 4.78 is 0. The van der Waals surface area contributed by atoms with Crippen LogP contribution in [0.5, 0.6) is 0 Å². The van der Waals surface area contributed by atoms with Crippen molar-refractivity contribution in [3.05, 3.63) is 80.7 Å². The van der Waals surface area contributed by atoms with Crippen LogP contribution in [0, 0.1) is 0 Å². The quantitative estimate of drug-likeness (QED) is 0.271. The van der Waals surface area contributed by atoms with E-state index in [4.69, 9.17) is 5.53 Å². The molecule has 1 aliphatic carbocycles. The van der Waals surface area contributed by atoms with Gasteiger partial charge in [0.15, 0.2) is 0 Å². The molecule has 0 atom stereocenters. The molecule has 29 heavy (non-hydrogen) atoms. The molecule has 5 nitrogen and oxygen atoms in total. The van der Waals surface area contributed by atoms with Gasteiger partial charge in [-0.25, -0.2) is 0 Å². The molecule has 0 N–H and O–H groups in total. The number of rotatable bonds is 3. The predicted molar refractivity (Wildman–Crippen MR) is 116 cm³/mol. The lowest BCUT2D eigenvalue weighted by molar-refractivity contribution is -0.125. The molecule has 0 aromatic heterocycles.